The quantitative estimate of drug-likeness (QED) is 0.576. The van der Waals surface area contributed by atoms with Crippen LogP contribution in [0.25, 0.3) is 0 Å². The summed E-state index contributed by atoms with van der Waals surface area (Å²) in [5.74, 6) is 0. The van der Waals surface area contributed by atoms with E-state index < -0.39 is 0 Å². The summed E-state index contributed by atoms with van der Waals surface area (Å²) in [5, 5.41) is 5.52. The molecule has 18 heavy (non-hydrogen) atoms. The van der Waals surface area contributed by atoms with E-state index >= 15 is 0 Å². The summed E-state index contributed by atoms with van der Waals surface area (Å²) in [6.45, 7) is 2.68. The molecule has 4 heteroatoms. The third-order valence-corrected chi connectivity index (χ3v) is 2.65. The van der Waals surface area contributed by atoms with Gasteiger partial charge in [-0.3, -0.25) is 0 Å². The van der Waals surface area contributed by atoms with Crippen molar-refractivity contribution in [3.63, 3.8) is 0 Å². The van der Waals surface area contributed by atoms with Gasteiger partial charge in [-0.1, -0.05) is 19.1 Å². The number of urea groups is 1. The van der Waals surface area contributed by atoms with Crippen molar-refractivity contribution in [3.8, 4) is 0 Å². The minimum atomic E-state index is -0.203. The number of carbonyl (C=O) groups is 2. The van der Waals surface area contributed by atoms with Crippen LogP contribution in [0, 0.1) is 0 Å². The van der Waals surface area contributed by atoms with E-state index in [4.69, 9.17) is 0 Å². The average Bonchev–Trinajstić information content (AvgIpc) is 2.39. The van der Waals surface area contributed by atoms with E-state index in [2.05, 4.69) is 17.6 Å². The van der Waals surface area contributed by atoms with Crippen LogP contribution in [0.3, 0.4) is 0 Å². The molecule has 0 bridgehead atoms. The van der Waals surface area contributed by atoms with E-state index in [1.54, 1.807) is 0 Å². The predicted molar refractivity (Wildman–Crippen MR) is 72.8 cm³/mol. The molecule has 0 aliphatic carbocycles. The SMILES string of the molecule is CCc1ccc(NC(=O)NCCCCC=O)cc1. The van der Waals surface area contributed by atoms with Crippen LogP contribution < -0.4 is 10.6 Å². The van der Waals surface area contributed by atoms with Crippen molar-refractivity contribution in [3.05, 3.63) is 29.8 Å². The van der Waals surface area contributed by atoms with Gasteiger partial charge < -0.3 is 15.4 Å². The zero-order valence-electron chi connectivity index (χ0n) is 10.7. The van der Waals surface area contributed by atoms with Crippen molar-refractivity contribution in [2.45, 2.75) is 32.6 Å². The summed E-state index contributed by atoms with van der Waals surface area (Å²) < 4.78 is 0. The number of carbonyl (C=O) groups excluding carboxylic acids is 2. The molecule has 98 valence electrons. The van der Waals surface area contributed by atoms with E-state index in [1.165, 1.54) is 5.56 Å². The first-order valence-electron chi connectivity index (χ1n) is 6.33. The van der Waals surface area contributed by atoms with Crippen molar-refractivity contribution in [1.29, 1.82) is 0 Å². The summed E-state index contributed by atoms with van der Waals surface area (Å²) in [6, 6.07) is 7.58. The molecular formula is C14H20N2O2. The molecule has 0 atom stereocenters. The number of unbranched alkanes of at least 4 members (excludes halogenated alkanes) is 2. The molecule has 0 aliphatic heterocycles. The number of rotatable bonds is 7. The van der Waals surface area contributed by atoms with Gasteiger partial charge >= 0.3 is 6.03 Å². The highest BCUT2D eigenvalue weighted by Gasteiger charge is 2.00. The Labute approximate surface area is 108 Å². The lowest BCUT2D eigenvalue weighted by molar-refractivity contribution is -0.107. The predicted octanol–water partition coefficient (Wildman–Crippen LogP) is 2.74. The lowest BCUT2D eigenvalue weighted by Crippen LogP contribution is -2.29. The summed E-state index contributed by atoms with van der Waals surface area (Å²) in [6.07, 6.45) is 4.08. The van der Waals surface area contributed by atoms with Crippen molar-refractivity contribution in [1.82, 2.24) is 5.32 Å². The monoisotopic (exact) mass is 248 g/mol. The minimum Gasteiger partial charge on any atom is -0.338 e. The first kappa shape index (κ1) is 14.2. The summed E-state index contributed by atoms with van der Waals surface area (Å²) >= 11 is 0. The molecule has 0 radical (unpaired) electrons. The number of nitrogens with one attached hydrogen (secondary N) is 2. The normalized spacial score (nSPS) is 9.83. The molecule has 0 unspecified atom stereocenters. The summed E-state index contributed by atoms with van der Waals surface area (Å²) in [4.78, 5) is 21.6. The van der Waals surface area contributed by atoms with Crippen molar-refractivity contribution in [2.75, 3.05) is 11.9 Å². The van der Waals surface area contributed by atoms with Gasteiger partial charge in [-0.05, 0) is 37.0 Å². The maximum atomic E-state index is 11.5. The number of anilines is 1. The minimum absolute atomic E-state index is 0.203. The Morgan fingerprint density at radius 2 is 1.94 bits per heavy atom. The Morgan fingerprint density at radius 3 is 2.56 bits per heavy atom. The number of aryl methyl sites for hydroxylation is 1. The van der Waals surface area contributed by atoms with Crippen LogP contribution in [0.5, 0.6) is 0 Å². The van der Waals surface area contributed by atoms with Crippen LogP contribution in [0.1, 0.15) is 31.7 Å². The van der Waals surface area contributed by atoms with E-state index in [1.807, 2.05) is 24.3 Å². The van der Waals surface area contributed by atoms with Crippen LogP contribution in [0.2, 0.25) is 0 Å². The van der Waals surface area contributed by atoms with Crippen molar-refractivity contribution in [2.24, 2.45) is 0 Å². The third-order valence-electron chi connectivity index (χ3n) is 2.65. The second kappa shape index (κ2) is 8.28. The molecule has 1 aromatic carbocycles. The van der Waals surface area contributed by atoms with Crippen molar-refractivity contribution >= 4 is 18.0 Å². The van der Waals surface area contributed by atoms with Crippen molar-refractivity contribution < 1.29 is 9.59 Å². The van der Waals surface area contributed by atoms with Crippen LogP contribution in [-0.2, 0) is 11.2 Å². The fraction of sp³-hybridized carbons (Fsp3) is 0.429. The highest BCUT2D eigenvalue weighted by molar-refractivity contribution is 5.89. The first-order valence-corrected chi connectivity index (χ1v) is 6.33. The fourth-order valence-corrected chi connectivity index (χ4v) is 1.55. The second-order valence-electron chi connectivity index (χ2n) is 4.09. The van der Waals surface area contributed by atoms with E-state index in [-0.39, 0.29) is 6.03 Å². The lowest BCUT2D eigenvalue weighted by Gasteiger charge is -2.07. The highest BCUT2D eigenvalue weighted by Crippen LogP contribution is 2.09. The molecule has 2 amide bonds. The molecule has 1 aromatic rings. The topological polar surface area (TPSA) is 58.2 Å². The van der Waals surface area contributed by atoms with Crippen LogP contribution in [-0.4, -0.2) is 18.9 Å². The van der Waals surface area contributed by atoms with Gasteiger partial charge in [0, 0.05) is 18.7 Å². The van der Waals surface area contributed by atoms with Crippen LogP contribution in [0.4, 0.5) is 10.5 Å². The maximum Gasteiger partial charge on any atom is 0.319 e. The standard InChI is InChI=1S/C14H20N2O2/c1-2-12-6-8-13(9-7-12)16-14(18)15-10-4-3-5-11-17/h6-9,11H,2-5,10H2,1H3,(H2,15,16,18). The zero-order valence-corrected chi connectivity index (χ0v) is 10.7. The van der Waals surface area contributed by atoms with E-state index in [9.17, 15) is 9.59 Å². The van der Waals surface area contributed by atoms with Gasteiger partial charge in [0.25, 0.3) is 0 Å². The summed E-state index contributed by atoms with van der Waals surface area (Å²) in [5.41, 5.74) is 2.03. The molecule has 0 heterocycles. The van der Waals surface area contributed by atoms with Crippen LogP contribution in [0.15, 0.2) is 24.3 Å². The van der Waals surface area contributed by atoms with Crippen LogP contribution >= 0.6 is 0 Å². The Bertz CT molecular complexity index is 374. The Morgan fingerprint density at radius 1 is 1.22 bits per heavy atom. The Kier molecular flexibility index (Phi) is 6.54. The molecule has 0 fully saturated rings. The van der Waals surface area contributed by atoms with Gasteiger partial charge in [0.15, 0.2) is 0 Å². The fourth-order valence-electron chi connectivity index (χ4n) is 1.55. The molecule has 0 aromatic heterocycles. The third kappa shape index (κ3) is 5.48. The van der Waals surface area contributed by atoms with E-state index in [0.29, 0.717) is 13.0 Å². The first-order chi connectivity index (χ1) is 8.76. The second-order valence-corrected chi connectivity index (χ2v) is 4.09. The maximum absolute atomic E-state index is 11.5. The molecule has 4 nitrogen and oxygen atoms in total. The average molecular weight is 248 g/mol. The molecule has 0 saturated carbocycles. The number of hydrogen-bond acceptors (Lipinski definition) is 2. The molecule has 2 N–H and O–H groups in total. The molecule has 0 saturated heterocycles. The molecule has 0 spiro atoms. The van der Waals surface area contributed by atoms with Gasteiger partial charge in [0.05, 0.1) is 0 Å². The summed E-state index contributed by atoms with van der Waals surface area (Å²) in [7, 11) is 0. The highest BCUT2D eigenvalue weighted by atomic mass is 16.2. The van der Waals surface area contributed by atoms with Gasteiger partial charge in [-0.2, -0.15) is 0 Å². The molecule has 1 rings (SSSR count). The number of benzene rings is 1. The van der Waals surface area contributed by atoms with Gasteiger partial charge in [-0.15, -0.1) is 0 Å². The number of aldehydes is 1. The lowest BCUT2D eigenvalue weighted by atomic mass is 10.1. The van der Waals surface area contributed by atoms with Gasteiger partial charge in [-0.25, -0.2) is 4.79 Å². The zero-order chi connectivity index (χ0) is 13.2. The molecule has 0 aliphatic rings. The number of amides is 2. The van der Waals surface area contributed by atoms with E-state index in [0.717, 1.165) is 31.2 Å². The Hall–Kier alpha value is -1.84. The van der Waals surface area contributed by atoms with Gasteiger partial charge in [0.2, 0.25) is 0 Å². The largest absolute Gasteiger partial charge is 0.338 e. The van der Waals surface area contributed by atoms with Gasteiger partial charge in [0.1, 0.15) is 6.29 Å². The Balaban J connectivity index is 2.24. The number of hydrogen-bond donors (Lipinski definition) is 2. The molecular weight excluding hydrogens is 228 g/mol. The smallest absolute Gasteiger partial charge is 0.319 e.